The van der Waals surface area contributed by atoms with Crippen LogP contribution in [-0.4, -0.2) is 36.5 Å². The van der Waals surface area contributed by atoms with Gasteiger partial charge in [-0.15, -0.1) is 0 Å². The topological polar surface area (TPSA) is 56.3 Å². The highest BCUT2D eigenvalue weighted by Gasteiger charge is 2.14. The van der Waals surface area contributed by atoms with Crippen molar-refractivity contribution in [1.29, 1.82) is 0 Å². The van der Waals surface area contributed by atoms with Crippen molar-refractivity contribution in [3.8, 4) is 0 Å². The van der Waals surface area contributed by atoms with Gasteiger partial charge in [-0.3, -0.25) is 0 Å². The molecule has 5 nitrogen and oxygen atoms in total. The molecule has 0 spiro atoms. The Morgan fingerprint density at radius 3 is 2.67 bits per heavy atom. The Morgan fingerprint density at radius 1 is 1.40 bits per heavy atom. The number of nitrogens with one attached hydrogen (secondary N) is 1. The molecule has 0 fully saturated rings. The highest BCUT2D eigenvalue weighted by atomic mass is 16.7. The maximum Gasteiger partial charge on any atom is 0.171 e. The maximum atomic E-state index is 5.13. The molecule has 1 heterocycles. The molecule has 0 aliphatic heterocycles. The van der Waals surface area contributed by atoms with E-state index < -0.39 is 0 Å². The van der Waals surface area contributed by atoms with Gasteiger partial charge in [-0.2, -0.15) is 0 Å². The number of nitrogens with zero attached hydrogens (tertiary/aromatic N) is 2. The third-order valence-corrected chi connectivity index (χ3v) is 2.12. The molecule has 0 saturated heterocycles. The zero-order valence-corrected chi connectivity index (χ0v) is 9.30. The second-order valence-electron chi connectivity index (χ2n) is 3.21. The highest BCUT2D eigenvalue weighted by molar-refractivity contribution is 4.97. The number of hydrogen-bond donors (Lipinski definition) is 1. The van der Waals surface area contributed by atoms with Gasteiger partial charge in [-0.1, -0.05) is 0 Å². The van der Waals surface area contributed by atoms with Crippen molar-refractivity contribution in [3.05, 3.63) is 24.3 Å². The van der Waals surface area contributed by atoms with Crippen LogP contribution < -0.4 is 5.32 Å². The SMILES string of the molecule is COC(OC)C(C)NCc1ccncn1. The molecule has 5 heteroatoms. The summed E-state index contributed by atoms with van der Waals surface area (Å²) in [5, 5.41) is 3.26. The van der Waals surface area contributed by atoms with Gasteiger partial charge < -0.3 is 14.8 Å². The fourth-order valence-electron chi connectivity index (χ4n) is 1.29. The van der Waals surface area contributed by atoms with E-state index in [1.165, 1.54) is 6.33 Å². The molecule has 84 valence electrons. The van der Waals surface area contributed by atoms with Gasteiger partial charge in [0.05, 0.1) is 11.7 Å². The minimum absolute atomic E-state index is 0.106. The fraction of sp³-hybridized carbons (Fsp3) is 0.600. The van der Waals surface area contributed by atoms with Crippen LogP contribution in [0.1, 0.15) is 12.6 Å². The van der Waals surface area contributed by atoms with Crippen molar-refractivity contribution >= 4 is 0 Å². The molecule has 0 aliphatic carbocycles. The van der Waals surface area contributed by atoms with Crippen LogP contribution in [0.2, 0.25) is 0 Å². The van der Waals surface area contributed by atoms with Crippen LogP contribution in [0.5, 0.6) is 0 Å². The van der Waals surface area contributed by atoms with E-state index in [0.717, 1.165) is 5.69 Å². The first kappa shape index (κ1) is 12.0. The zero-order chi connectivity index (χ0) is 11.1. The average molecular weight is 211 g/mol. The molecule has 0 aromatic carbocycles. The second kappa shape index (κ2) is 6.44. The predicted molar refractivity (Wildman–Crippen MR) is 56.1 cm³/mol. The van der Waals surface area contributed by atoms with Crippen LogP contribution in [0.15, 0.2) is 18.6 Å². The molecule has 15 heavy (non-hydrogen) atoms. The van der Waals surface area contributed by atoms with Gasteiger partial charge in [0.15, 0.2) is 6.29 Å². The molecule has 1 N–H and O–H groups in total. The standard InChI is InChI=1S/C10H17N3O2/c1-8(10(14-2)15-3)12-6-9-4-5-11-7-13-9/h4-5,7-8,10,12H,6H2,1-3H3. The predicted octanol–water partition coefficient (Wildman–Crippen LogP) is 0.574. The first-order chi connectivity index (χ1) is 7.27. The quantitative estimate of drug-likeness (QED) is 0.697. The molecule has 0 saturated carbocycles. The molecule has 1 rings (SSSR count). The monoisotopic (exact) mass is 211 g/mol. The largest absolute Gasteiger partial charge is 0.354 e. The molecular formula is C10H17N3O2. The molecule has 0 radical (unpaired) electrons. The van der Waals surface area contributed by atoms with Gasteiger partial charge in [-0.25, -0.2) is 9.97 Å². The lowest BCUT2D eigenvalue weighted by Crippen LogP contribution is -2.39. The lowest BCUT2D eigenvalue weighted by Gasteiger charge is -2.21. The zero-order valence-electron chi connectivity index (χ0n) is 9.30. The number of rotatable bonds is 6. The van der Waals surface area contributed by atoms with Gasteiger partial charge in [0.2, 0.25) is 0 Å². The summed E-state index contributed by atoms with van der Waals surface area (Å²) in [4.78, 5) is 7.96. The summed E-state index contributed by atoms with van der Waals surface area (Å²) in [6.45, 7) is 2.67. The Morgan fingerprint density at radius 2 is 2.13 bits per heavy atom. The molecule has 1 atom stereocenters. The van der Waals surface area contributed by atoms with E-state index in [-0.39, 0.29) is 12.3 Å². The van der Waals surface area contributed by atoms with Crippen LogP contribution in [0.3, 0.4) is 0 Å². The number of hydrogen-bond acceptors (Lipinski definition) is 5. The van der Waals surface area contributed by atoms with E-state index in [1.807, 2.05) is 13.0 Å². The molecular weight excluding hydrogens is 194 g/mol. The lowest BCUT2D eigenvalue weighted by atomic mass is 10.3. The second-order valence-corrected chi connectivity index (χ2v) is 3.21. The first-order valence-electron chi connectivity index (χ1n) is 4.81. The maximum absolute atomic E-state index is 5.13. The molecule has 1 aromatic heterocycles. The van der Waals surface area contributed by atoms with E-state index in [0.29, 0.717) is 6.54 Å². The Hall–Kier alpha value is -1.04. The third-order valence-electron chi connectivity index (χ3n) is 2.12. The van der Waals surface area contributed by atoms with Crippen molar-refractivity contribution in [1.82, 2.24) is 15.3 Å². The minimum atomic E-state index is -0.244. The van der Waals surface area contributed by atoms with Crippen molar-refractivity contribution in [2.75, 3.05) is 14.2 Å². The smallest absolute Gasteiger partial charge is 0.171 e. The van der Waals surface area contributed by atoms with Crippen molar-refractivity contribution in [2.24, 2.45) is 0 Å². The Kier molecular flexibility index (Phi) is 5.17. The Bertz CT molecular complexity index is 265. The Balaban J connectivity index is 2.36. The summed E-state index contributed by atoms with van der Waals surface area (Å²) in [5.74, 6) is 0. The van der Waals surface area contributed by atoms with E-state index in [1.54, 1.807) is 20.4 Å². The van der Waals surface area contributed by atoms with Gasteiger partial charge in [0.1, 0.15) is 6.33 Å². The summed E-state index contributed by atoms with van der Waals surface area (Å²) in [6, 6.07) is 1.98. The number of ether oxygens (including phenoxy) is 2. The van der Waals surface area contributed by atoms with Gasteiger partial charge in [0.25, 0.3) is 0 Å². The highest BCUT2D eigenvalue weighted by Crippen LogP contribution is 2.00. The van der Waals surface area contributed by atoms with Crippen LogP contribution >= 0.6 is 0 Å². The van der Waals surface area contributed by atoms with Gasteiger partial charge >= 0.3 is 0 Å². The van der Waals surface area contributed by atoms with Crippen LogP contribution in [0.25, 0.3) is 0 Å². The lowest BCUT2D eigenvalue weighted by molar-refractivity contribution is -0.119. The van der Waals surface area contributed by atoms with E-state index in [9.17, 15) is 0 Å². The molecule has 0 amide bonds. The summed E-state index contributed by atoms with van der Waals surface area (Å²) in [6.07, 6.45) is 3.01. The third kappa shape index (κ3) is 3.91. The molecule has 1 unspecified atom stereocenters. The van der Waals surface area contributed by atoms with Gasteiger partial charge in [-0.05, 0) is 13.0 Å². The normalized spacial score (nSPS) is 13.1. The van der Waals surface area contributed by atoms with Crippen molar-refractivity contribution < 1.29 is 9.47 Å². The van der Waals surface area contributed by atoms with E-state index in [2.05, 4.69) is 15.3 Å². The van der Waals surface area contributed by atoms with Crippen molar-refractivity contribution in [3.63, 3.8) is 0 Å². The summed E-state index contributed by atoms with van der Waals surface area (Å²) in [7, 11) is 3.24. The molecule has 1 aromatic rings. The molecule has 0 bridgehead atoms. The van der Waals surface area contributed by atoms with Crippen molar-refractivity contribution in [2.45, 2.75) is 25.8 Å². The number of methoxy groups -OCH3 is 2. The van der Waals surface area contributed by atoms with E-state index >= 15 is 0 Å². The number of aromatic nitrogens is 2. The fourth-order valence-corrected chi connectivity index (χ4v) is 1.29. The summed E-state index contributed by atoms with van der Waals surface area (Å²) >= 11 is 0. The minimum Gasteiger partial charge on any atom is -0.354 e. The van der Waals surface area contributed by atoms with Crippen LogP contribution in [0.4, 0.5) is 0 Å². The molecule has 0 aliphatic rings. The van der Waals surface area contributed by atoms with E-state index in [4.69, 9.17) is 9.47 Å². The van der Waals surface area contributed by atoms with Crippen LogP contribution in [-0.2, 0) is 16.0 Å². The first-order valence-corrected chi connectivity index (χ1v) is 4.81. The van der Waals surface area contributed by atoms with Crippen LogP contribution in [0, 0.1) is 0 Å². The Labute approximate surface area is 89.8 Å². The summed E-state index contributed by atoms with van der Waals surface area (Å²) in [5.41, 5.74) is 0.947. The van der Waals surface area contributed by atoms with Gasteiger partial charge in [0, 0.05) is 27.0 Å². The average Bonchev–Trinajstić information content (AvgIpc) is 2.29. The summed E-state index contributed by atoms with van der Waals surface area (Å²) < 4.78 is 10.3.